The summed E-state index contributed by atoms with van der Waals surface area (Å²) < 4.78 is 0. The van der Waals surface area contributed by atoms with Gasteiger partial charge in [-0.25, -0.2) is 4.98 Å². The van der Waals surface area contributed by atoms with Gasteiger partial charge in [-0.05, 0) is 85.4 Å². The number of phenols is 1. The molecule has 2 bridgehead atoms. The van der Waals surface area contributed by atoms with Crippen LogP contribution in [0.25, 0.3) is 32.8 Å². The molecule has 7 rings (SSSR count). The van der Waals surface area contributed by atoms with Crippen molar-refractivity contribution in [2.75, 3.05) is 43.4 Å². The van der Waals surface area contributed by atoms with Gasteiger partial charge in [0.15, 0.2) is 0 Å². The minimum absolute atomic E-state index is 0.275. The molecule has 0 aliphatic carbocycles. The Kier molecular flexibility index (Phi) is 5.63. The van der Waals surface area contributed by atoms with Gasteiger partial charge in [-0.15, -0.1) is 0 Å². The SMILES string of the molecule is CN1CCC[C@H]1CNc1nc(N2CC3CCC(C2)N3)c2ccc(-c3cc(O)cc4ccccc34)cc2n1. The van der Waals surface area contributed by atoms with Gasteiger partial charge in [0.05, 0.1) is 5.52 Å². The average Bonchev–Trinajstić information content (AvgIpc) is 3.49. The molecule has 0 spiro atoms. The monoisotopic (exact) mass is 494 g/mol. The third-order valence-corrected chi connectivity index (χ3v) is 8.52. The molecule has 3 atom stereocenters. The quantitative estimate of drug-likeness (QED) is 0.374. The van der Waals surface area contributed by atoms with Crippen molar-refractivity contribution in [3.8, 4) is 16.9 Å². The van der Waals surface area contributed by atoms with E-state index in [1.54, 1.807) is 0 Å². The number of phenolic OH excluding ortho intramolecular Hbond substituents is 1. The fourth-order valence-corrected chi connectivity index (χ4v) is 6.55. The normalized spacial score (nSPS) is 23.8. The second kappa shape index (κ2) is 9.15. The molecule has 190 valence electrons. The summed E-state index contributed by atoms with van der Waals surface area (Å²) in [5, 5.41) is 21.0. The first-order valence-corrected chi connectivity index (χ1v) is 13.6. The van der Waals surface area contributed by atoms with E-state index in [-0.39, 0.29) is 5.75 Å². The van der Waals surface area contributed by atoms with Gasteiger partial charge in [0.1, 0.15) is 11.6 Å². The van der Waals surface area contributed by atoms with Crippen molar-refractivity contribution in [2.24, 2.45) is 0 Å². The highest BCUT2D eigenvalue weighted by Crippen LogP contribution is 2.36. The molecule has 3 aliphatic heterocycles. The number of likely N-dealkylation sites (tertiary alicyclic amines) is 1. The number of anilines is 2. The fourth-order valence-electron chi connectivity index (χ4n) is 6.55. The summed E-state index contributed by atoms with van der Waals surface area (Å²) in [6, 6.07) is 19.9. The molecule has 3 aromatic carbocycles. The second-order valence-corrected chi connectivity index (χ2v) is 11.0. The van der Waals surface area contributed by atoms with E-state index >= 15 is 0 Å². The van der Waals surface area contributed by atoms with Gasteiger partial charge in [0.2, 0.25) is 5.95 Å². The zero-order valence-corrected chi connectivity index (χ0v) is 21.3. The lowest BCUT2D eigenvalue weighted by molar-refractivity contribution is 0.322. The molecule has 3 fully saturated rings. The summed E-state index contributed by atoms with van der Waals surface area (Å²) in [6.45, 7) is 3.96. The van der Waals surface area contributed by atoms with Crippen molar-refractivity contribution in [1.29, 1.82) is 0 Å². The lowest BCUT2D eigenvalue weighted by Crippen LogP contribution is -2.51. The number of nitrogens with one attached hydrogen (secondary N) is 2. The molecule has 3 N–H and O–H groups in total. The predicted molar refractivity (Wildman–Crippen MR) is 150 cm³/mol. The molecule has 37 heavy (non-hydrogen) atoms. The number of benzene rings is 3. The fraction of sp³-hybridized carbons (Fsp3) is 0.400. The lowest BCUT2D eigenvalue weighted by Gasteiger charge is -2.34. The maximum absolute atomic E-state index is 10.4. The minimum Gasteiger partial charge on any atom is -0.508 e. The molecule has 2 unspecified atom stereocenters. The first-order valence-electron chi connectivity index (χ1n) is 13.6. The number of fused-ring (bicyclic) bond motifs is 4. The molecule has 7 heteroatoms. The van der Waals surface area contributed by atoms with Gasteiger partial charge in [-0.2, -0.15) is 4.98 Å². The van der Waals surface area contributed by atoms with Crippen molar-refractivity contribution in [1.82, 2.24) is 20.2 Å². The van der Waals surface area contributed by atoms with Crippen LogP contribution in [-0.4, -0.2) is 71.3 Å². The van der Waals surface area contributed by atoms with E-state index in [9.17, 15) is 5.11 Å². The first kappa shape index (κ1) is 22.8. The molecule has 0 amide bonds. The second-order valence-electron chi connectivity index (χ2n) is 11.0. The Morgan fingerprint density at radius 1 is 0.973 bits per heavy atom. The molecule has 3 saturated heterocycles. The van der Waals surface area contributed by atoms with Crippen LogP contribution in [0, 0.1) is 0 Å². The van der Waals surface area contributed by atoms with E-state index in [0.29, 0.717) is 24.1 Å². The van der Waals surface area contributed by atoms with Crippen molar-refractivity contribution in [3.63, 3.8) is 0 Å². The van der Waals surface area contributed by atoms with Gasteiger partial charge in [-0.1, -0.05) is 30.3 Å². The van der Waals surface area contributed by atoms with Gasteiger partial charge in [0.25, 0.3) is 0 Å². The topological polar surface area (TPSA) is 76.5 Å². The smallest absolute Gasteiger partial charge is 0.225 e. The van der Waals surface area contributed by atoms with Gasteiger partial charge < -0.3 is 25.5 Å². The Morgan fingerprint density at radius 2 is 1.81 bits per heavy atom. The van der Waals surface area contributed by atoms with Crippen LogP contribution in [-0.2, 0) is 0 Å². The Balaban J connectivity index is 1.32. The zero-order valence-electron chi connectivity index (χ0n) is 21.3. The van der Waals surface area contributed by atoms with E-state index in [1.165, 1.54) is 25.7 Å². The molecule has 0 saturated carbocycles. The summed E-state index contributed by atoms with van der Waals surface area (Å²) in [5.74, 6) is 2.00. The van der Waals surface area contributed by atoms with Crippen LogP contribution in [0.5, 0.6) is 5.75 Å². The summed E-state index contributed by atoms with van der Waals surface area (Å²) in [7, 11) is 2.20. The third kappa shape index (κ3) is 4.26. The van der Waals surface area contributed by atoms with Crippen molar-refractivity contribution in [3.05, 3.63) is 54.6 Å². The standard InChI is InChI=1S/C30H34N6O/c1-35-12-4-6-23(35)16-31-30-33-28-14-20(27-15-24(37)13-19-5-2-3-7-25(19)27)8-11-26(28)29(34-30)36-17-21-9-10-22(18-36)32-21/h2-3,5,7-8,11,13-15,21-23,32,37H,4,6,9-10,12,16-18H2,1H3,(H,31,33,34)/t21?,22?,23-/m0/s1. The number of hydrogen-bond donors (Lipinski definition) is 3. The summed E-state index contributed by atoms with van der Waals surface area (Å²) in [5.41, 5.74) is 2.99. The molecule has 0 radical (unpaired) electrons. The number of hydrogen-bond acceptors (Lipinski definition) is 7. The highest BCUT2D eigenvalue weighted by molar-refractivity contribution is 6.01. The van der Waals surface area contributed by atoms with E-state index in [1.807, 2.05) is 30.3 Å². The maximum atomic E-state index is 10.4. The Labute approximate surface area is 217 Å². The number of aromatic hydroxyl groups is 1. The van der Waals surface area contributed by atoms with E-state index in [2.05, 4.69) is 51.7 Å². The van der Waals surface area contributed by atoms with Gasteiger partial charge in [-0.3, -0.25) is 0 Å². The van der Waals surface area contributed by atoms with Crippen LogP contribution in [0.4, 0.5) is 11.8 Å². The highest BCUT2D eigenvalue weighted by Gasteiger charge is 2.33. The number of aromatic nitrogens is 2. The average molecular weight is 495 g/mol. The molecular formula is C30H34N6O. The largest absolute Gasteiger partial charge is 0.508 e. The highest BCUT2D eigenvalue weighted by atomic mass is 16.3. The molecule has 7 nitrogen and oxygen atoms in total. The molecule has 3 aliphatic rings. The number of piperazine rings is 1. The van der Waals surface area contributed by atoms with Crippen LogP contribution >= 0.6 is 0 Å². The summed E-state index contributed by atoms with van der Waals surface area (Å²) in [4.78, 5) is 15.0. The number of nitrogens with zero attached hydrogens (tertiary/aromatic N) is 4. The van der Waals surface area contributed by atoms with Crippen LogP contribution in [0.3, 0.4) is 0 Å². The summed E-state index contributed by atoms with van der Waals surface area (Å²) >= 11 is 0. The van der Waals surface area contributed by atoms with Crippen molar-refractivity contribution in [2.45, 2.75) is 43.8 Å². The molecule has 1 aromatic heterocycles. The maximum Gasteiger partial charge on any atom is 0.225 e. The Hall–Kier alpha value is -3.42. The number of likely N-dealkylation sites (N-methyl/N-ethyl adjacent to an activating group) is 1. The zero-order chi connectivity index (χ0) is 24.9. The summed E-state index contributed by atoms with van der Waals surface area (Å²) in [6.07, 6.45) is 4.92. The number of rotatable bonds is 5. The Morgan fingerprint density at radius 3 is 2.62 bits per heavy atom. The van der Waals surface area contributed by atoms with E-state index in [0.717, 1.165) is 64.8 Å². The van der Waals surface area contributed by atoms with Crippen LogP contribution in [0.15, 0.2) is 54.6 Å². The van der Waals surface area contributed by atoms with Crippen LogP contribution < -0.4 is 15.5 Å². The van der Waals surface area contributed by atoms with Crippen LogP contribution in [0.2, 0.25) is 0 Å². The van der Waals surface area contributed by atoms with E-state index in [4.69, 9.17) is 9.97 Å². The van der Waals surface area contributed by atoms with Crippen LogP contribution in [0.1, 0.15) is 25.7 Å². The van der Waals surface area contributed by atoms with Gasteiger partial charge >= 0.3 is 0 Å². The van der Waals surface area contributed by atoms with Crippen molar-refractivity contribution < 1.29 is 5.11 Å². The van der Waals surface area contributed by atoms with E-state index < -0.39 is 0 Å². The van der Waals surface area contributed by atoms with Crippen molar-refractivity contribution >= 4 is 33.4 Å². The first-order chi connectivity index (χ1) is 18.1. The molecule has 4 heterocycles. The molecular weight excluding hydrogens is 460 g/mol. The lowest BCUT2D eigenvalue weighted by atomic mass is 9.97. The van der Waals surface area contributed by atoms with Gasteiger partial charge in [0, 0.05) is 43.1 Å². The molecule has 4 aromatic rings. The third-order valence-electron chi connectivity index (χ3n) is 8.52. The minimum atomic E-state index is 0.275. The predicted octanol–water partition coefficient (Wildman–Crippen LogP) is 4.60. The Bertz CT molecular complexity index is 1460.